The Hall–Kier alpha value is -1.56. The van der Waals surface area contributed by atoms with Crippen LogP contribution >= 0.6 is 0 Å². The van der Waals surface area contributed by atoms with Crippen molar-refractivity contribution in [3.63, 3.8) is 0 Å². The van der Waals surface area contributed by atoms with E-state index in [9.17, 15) is 13.2 Å². The number of carbonyl (C=O) groups excluding carboxylic acids is 1. The van der Waals surface area contributed by atoms with Gasteiger partial charge in [0.15, 0.2) is 16.4 Å². The van der Waals surface area contributed by atoms with Crippen LogP contribution in [0.5, 0.6) is 5.75 Å². The molecule has 6 heteroatoms. The molecule has 0 saturated carbocycles. The summed E-state index contributed by atoms with van der Waals surface area (Å²) in [4.78, 5) is 11.6. The van der Waals surface area contributed by atoms with Crippen LogP contribution in [0.2, 0.25) is 0 Å². The van der Waals surface area contributed by atoms with Crippen molar-refractivity contribution in [3.05, 3.63) is 29.8 Å². The smallest absolute Gasteiger partial charge is 0.258 e. The van der Waals surface area contributed by atoms with Crippen molar-refractivity contribution in [2.75, 3.05) is 18.1 Å². The molecule has 1 saturated heterocycles. The van der Waals surface area contributed by atoms with Gasteiger partial charge >= 0.3 is 0 Å². The minimum atomic E-state index is -2.97. The molecule has 5 nitrogen and oxygen atoms in total. The summed E-state index contributed by atoms with van der Waals surface area (Å²) >= 11 is 0. The second kappa shape index (κ2) is 5.61. The fourth-order valence-corrected chi connectivity index (χ4v) is 3.71. The zero-order valence-electron chi connectivity index (χ0n) is 10.8. The minimum Gasteiger partial charge on any atom is -0.484 e. The molecule has 1 amide bonds. The molecule has 0 spiro atoms. The predicted molar refractivity (Wildman–Crippen MR) is 71.9 cm³/mol. The summed E-state index contributed by atoms with van der Waals surface area (Å²) in [5.41, 5.74) is 1.06. The number of ether oxygens (including phenoxy) is 1. The monoisotopic (exact) mass is 283 g/mol. The molecule has 0 unspecified atom stereocenters. The van der Waals surface area contributed by atoms with E-state index in [2.05, 4.69) is 5.32 Å². The van der Waals surface area contributed by atoms with Gasteiger partial charge in [0, 0.05) is 6.04 Å². The normalized spacial score (nSPS) is 21.0. The van der Waals surface area contributed by atoms with Gasteiger partial charge in [0.05, 0.1) is 11.5 Å². The fraction of sp³-hybridized carbons (Fsp3) is 0.462. The van der Waals surface area contributed by atoms with Gasteiger partial charge in [0.1, 0.15) is 5.75 Å². The molecule has 104 valence electrons. The number of carbonyl (C=O) groups is 1. The molecule has 1 aromatic carbocycles. The third-order valence-corrected chi connectivity index (χ3v) is 4.72. The van der Waals surface area contributed by atoms with Crippen LogP contribution in [0.3, 0.4) is 0 Å². The highest BCUT2D eigenvalue weighted by Gasteiger charge is 2.28. The largest absolute Gasteiger partial charge is 0.484 e. The van der Waals surface area contributed by atoms with Gasteiger partial charge in [0.25, 0.3) is 5.91 Å². The standard InChI is InChI=1S/C13H17NO4S/c1-10-3-2-4-12(7-10)18-8-13(15)14-11-5-6-19(16,17)9-11/h2-4,7,11H,5-6,8-9H2,1H3,(H,14,15)/t11-/m1/s1. The molecule has 0 aromatic heterocycles. The minimum absolute atomic E-state index is 0.0309. The highest BCUT2D eigenvalue weighted by atomic mass is 32.2. The van der Waals surface area contributed by atoms with Crippen molar-refractivity contribution in [3.8, 4) is 5.75 Å². The third-order valence-electron chi connectivity index (χ3n) is 2.96. The fourth-order valence-electron chi connectivity index (χ4n) is 2.03. The maximum atomic E-state index is 11.6. The topological polar surface area (TPSA) is 72.5 Å². The highest BCUT2D eigenvalue weighted by molar-refractivity contribution is 7.91. The summed E-state index contributed by atoms with van der Waals surface area (Å²) in [6.45, 7) is 1.84. The van der Waals surface area contributed by atoms with E-state index in [1.807, 2.05) is 25.1 Å². The van der Waals surface area contributed by atoms with Crippen LogP contribution in [0, 0.1) is 6.92 Å². The first-order valence-electron chi connectivity index (χ1n) is 6.14. The molecule has 1 aliphatic heterocycles. The maximum Gasteiger partial charge on any atom is 0.258 e. The first-order chi connectivity index (χ1) is 8.94. The number of benzene rings is 1. The van der Waals surface area contributed by atoms with E-state index in [-0.39, 0.29) is 30.1 Å². The molecule has 1 fully saturated rings. The summed E-state index contributed by atoms with van der Waals surface area (Å²) in [5, 5.41) is 2.68. The Morgan fingerprint density at radius 1 is 1.47 bits per heavy atom. The number of hydrogen-bond donors (Lipinski definition) is 1. The van der Waals surface area contributed by atoms with Crippen LogP contribution in [-0.4, -0.2) is 38.5 Å². The van der Waals surface area contributed by atoms with Gasteiger partial charge in [-0.3, -0.25) is 4.79 Å². The third kappa shape index (κ3) is 4.24. The highest BCUT2D eigenvalue weighted by Crippen LogP contribution is 2.13. The summed E-state index contributed by atoms with van der Waals surface area (Å²) in [7, 11) is -2.97. The van der Waals surface area contributed by atoms with E-state index in [0.29, 0.717) is 12.2 Å². The number of nitrogens with one attached hydrogen (secondary N) is 1. The van der Waals surface area contributed by atoms with Crippen LogP contribution in [0.4, 0.5) is 0 Å². The summed E-state index contributed by atoms with van der Waals surface area (Å²) in [5.74, 6) is 0.526. The lowest BCUT2D eigenvalue weighted by atomic mass is 10.2. The van der Waals surface area contributed by atoms with E-state index >= 15 is 0 Å². The molecule has 1 heterocycles. The van der Waals surface area contributed by atoms with E-state index < -0.39 is 9.84 Å². The second-order valence-electron chi connectivity index (χ2n) is 4.77. The van der Waals surface area contributed by atoms with Gasteiger partial charge in [-0.05, 0) is 31.0 Å². The summed E-state index contributed by atoms with van der Waals surface area (Å²) < 4.78 is 27.9. The van der Waals surface area contributed by atoms with Crippen molar-refractivity contribution in [1.29, 1.82) is 0 Å². The van der Waals surface area contributed by atoms with Gasteiger partial charge < -0.3 is 10.1 Å². The SMILES string of the molecule is Cc1cccc(OCC(=O)N[C@@H]2CCS(=O)(=O)C2)c1. The van der Waals surface area contributed by atoms with Crippen LogP contribution in [0.1, 0.15) is 12.0 Å². The zero-order valence-corrected chi connectivity index (χ0v) is 11.6. The first-order valence-corrected chi connectivity index (χ1v) is 7.96. The van der Waals surface area contributed by atoms with Gasteiger partial charge in [-0.1, -0.05) is 12.1 Å². The maximum absolute atomic E-state index is 11.6. The van der Waals surface area contributed by atoms with Crippen LogP contribution in [0.15, 0.2) is 24.3 Å². The molecule has 19 heavy (non-hydrogen) atoms. The van der Waals surface area contributed by atoms with Crippen LogP contribution in [-0.2, 0) is 14.6 Å². The Morgan fingerprint density at radius 2 is 2.26 bits per heavy atom. The van der Waals surface area contributed by atoms with E-state index in [0.717, 1.165) is 5.56 Å². The van der Waals surface area contributed by atoms with E-state index in [1.165, 1.54) is 0 Å². The van der Waals surface area contributed by atoms with Crippen molar-refractivity contribution >= 4 is 15.7 Å². The Morgan fingerprint density at radius 3 is 2.89 bits per heavy atom. The summed E-state index contributed by atoms with van der Waals surface area (Å²) in [6, 6.07) is 7.13. The molecule has 0 bridgehead atoms. The van der Waals surface area contributed by atoms with Gasteiger partial charge in [-0.25, -0.2) is 8.42 Å². The summed E-state index contributed by atoms with van der Waals surface area (Å²) in [6.07, 6.45) is 0.485. The number of hydrogen-bond acceptors (Lipinski definition) is 4. The van der Waals surface area contributed by atoms with Gasteiger partial charge in [-0.2, -0.15) is 0 Å². The molecule has 0 radical (unpaired) electrons. The average Bonchev–Trinajstić information content (AvgIpc) is 2.66. The lowest BCUT2D eigenvalue weighted by Crippen LogP contribution is -2.38. The van der Waals surface area contributed by atoms with Crippen molar-refractivity contribution in [2.24, 2.45) is 0 Å². The Kier molecular flexibility index (Phi) is 4.09. The molecule has 1 atom stereocenters. The Bertz CT molecular complexity index is 568. The lowest BCUT2D eigenvalue weighted by molar-refractivity contribution is -0.123. The van der Waals surface area contributed by atoms with Crippen LogP contribution in [0.25, 0.3) is 0 Å². The molecule has 1 aromatic rings. The predicted octanol–water partition coefficient (Wildman–Crippen LogP) is 0.677. The molecule has 1 aliphatic rings. The number of amides is 1. The van der Waals surface area contributed by atoms with E-state index in [1.54, 1.807) is 6.07 Å². The number of sulfone groups is 1. The quantitative estimate of drug-likeness (QED) is 0.882. The number of aryl methyl sites for hydroxylation is 1. The molecule has 2 rings (SSSR count). The van der Waals surface area contributed by atoms with Crippen LogP contribution < -0.4 is 10.1 Å². The molecule has 1 N–H and O–H groups in total. The molecular weight excluding hydrogens is 266 g/mol. The Labute approximate surface area is 112 Å². The van der Waals surface area contributed by atoms with E-state index in [4.69, 9.17) is 4.74 Å². The zero-order chi connectivity index (χ0) is 13.9. The second-order valence-corrected chi connectivity index (χ2v) is 7.00. The average molecular weight is 283 g/mol. The lowest BCUT2D eigenvalue weighted by Gasteiger charge is -2.11. The Balaban J connectivity index is 1.79. The van der Waals surface area contributed by atoms with Gasteiger partial charge in [0.2, 0.25) is 0 Å². The number of rotatable bonds is 4. The van der Waals surface area contributed by atoms with Gasteiger partial charge in [-0.15, -0.1) is 0 Å². The van der Waals surface area contributed by atoms with Crippen molar-refractivity contribution < 1.29 is 17.9 Å². The van der Waals surface area contributed by atoms with Crippen molar-refractivity contribution in [2.45, 2.75) is 19.4 Å². The molecular formula is C13H17NO4S. The van der Waals surface area contributed by atoms with Crippen molar-refractivity contribution in [1.82, 2.24) is 5.32 Å². The first kappa shape index (κ1) is 13.9. The molecule has 0 aliphatic carbocycles.